The minimum absolute atomic E-state index is 0.0756. The maximum absolute atomic E-state index is 5.71. The molecule has 0 spiro atoms. The molecule has 20 heavy (non-hydrogen) atoms. The summed E-state index contributed by atoms with van der Waals surface area (Å²) in [5.41, 5.74) is 0. The van der Waals surface area contributed by atoms with Crippen molar-refractivity contribution in [2.24, 2.45) is 0 Å². The van der Waals surface area contributed by atoms with Gasteiger partial charge in [-0.05, 0) is 38.5 Å². The molecule has 0 N–H and O–H groups in total. The van der Waals surface area contributed by atoms with Crippen molar-refractivity contribution in [3.8, 4) is 11.8 Å². The summed E-state index contributed by atoms with van der Waals surface area (Å²) in [5, 5.41) is 0. The lowest BCUT2D eigenvalue weighted by molar-refractivity contribution is -0.162. The minimum atomic E-state index is 0.0756. The van der Waals surface area contributed by atoms with E-state index in [4.69, 9.17) is 9.47 Å². The Morgan fingerprint density at radius 2 is 1.70 bits per heavy atom. The van der Waals surface area contributed by atoms with E-state index in [1.165, 1.54) is 51.4 Å². The zero-order chi connectivity index (χ0) is 14.3. The lowest BCUT2D eigenvalue weighted by Crippen LogP contribution is -2.22. The molecule has 1 fully saturated rings. The van der Waals surface area contributed by atoms with Gasteiger partial charge in [0.2, 0.25) is 0 Å². The van der Waals surface area contributed by atoms with Crippen LogP contribution in [0.2, 0.25) is 0 Å². The smallest absolute Gasteiger partial charge is 0.157 e. The van der Waals surface area contributed by atoms with Crippen LogP contribution in [0.4, 0.5) is 0 Å². The zero-order valence-corrected chi connectivity index (χ0v) is 13.3. The van der Waals surface area contributed by atoms with Crippen LogP contribution in [0.1, 0.15) is 84.0 Å². The Labute approximate surface area is 125 Å². The summed E-state index contributed by atoms with van der Waals surface area (Å²) in [6.07, 6.45) is 14.6. The molecule has 0 aromatic rings. The quantitative estimate of drug-likeness (QED) is 0.411. The summed E-state index contributed by atoms with van der Waals surface area (Å²) in [6, 6.07) is 0. The van der Waals surface area contributed by atoms with Gasteiger partial charge in [0, 0.05) is 26.1 Å². The Balaban J connectivity index is 1.79. The Kier molecular flexibility index (Phi) is 11.8. The SMILES string of the molecule is CCCCCCC#CCCCCCO[C@H]1CCCCO1. The number of unbranched alkanes of at least 4 members (excludes halogenated alkanes) is 7. The highest BCUT2D eigenvalue weighted by Gasteiger charge is 2.12. The predicted octanol–water partition coefficient (Wildman–Crippen LogP) is 5.06. The van der Waals surface area contributed by atoms with Gasteiger partial charge in [0.15, 0.2) is 6.29 Å². The first-order valence-electron chi connectivity index (χ1n) is 8.62. The predicted molar refractivity (Wildman–Crippen MR) is 84.5 cm³/mol. The molecule has 0 bridgehead atoms. The van der Waals surface area contributed by atoms with Crippen LogP contribution in [0.3, 0.4) is 0 Å². The van der Waals surface area contributed by atoms with Crippen molar-refractivity contribution in [3.05, 3.63) is 0 Å². The lowest BCUT2D eigenvalue weighted by Gasteiger charge is -2.22. The minimum Gasteiger partial charge on any atom is -0.353 e. The molecule has 0 radical (unpaired) electrons. The molecule has 0 amide bonds. The van der Waals surface area contributed by atoms with Gasteiger partial charge in [0.05, 0.1) is 0 Å². The van der Waals surface area contributed by atoms with E-state index in [1.54, 1.807) is 0 Å². The van der Waals surface area contributed by atoms with E-state index in [-0.39, 0.29) is 6.29 Å². The van der Waals surface area contributed by atoms with E-state index in [9.17, 15) is 0 Å². The molecule has 0 aliphatic carbocycles. The number of hydrogen-bond donors (Lipinski definition) is 0. The van der Waals surface area contributed by atoms with Gasteiger partial charge in [-0.25, -0.2) is 0 Å². The van der Waals surface area contributed by atoms with Crippen molar-refractivity contribution in [1.29, 1.82) is 0 Å². The fraction of sp³-hybridized carbons (Fsp3) is 0.889. The maximum atomic E-state index is 5.71. The Bertz CT molecular complexity index is 258. The van der Waals surface area contributed by atoms with Crippen LogP contribution >= 0.6 is 0 Å². The molecule has 0 saturated carbocycles. The molecule has 0 aromatic heterocycles. The summed E-state index contributed by atoms with van der Waals surface area (Å²) in [6.45, 7) is 3.96. The van der Waals surface area contributed by atoms with Gasteiger partial charge < -0.3 is 9.47 Å². The molecular weight excluding hydrogens is 248 g/mol. The molecule has 0 aromatic carbocycles. The molecule has 1 saturated heterocycles. The van der Waals surface area contributed by atoms with E-state index in [0.29, 0.717) is 0 Å². The average molecular weight is 280 g/mol. The third-order valence-electron chi connectivity index (χ3n) is 3.67. The fourth-order valence-corrected chi connectivity index (χ4v) is 2.37. The highest BCUT2D eigenvalue weighted by molar-refractivity contribution is 4.98. The van der Waals surface area contributed by atoms with Gasteiger partial charge in [0.25, 0.3) is 0 Å². The number of hydrogen-bond acceptors (Lipinski definition) is 2. The van der Waals surface area contributed by atoms with E-state index in [2.05, 4.69) is 18.8 Å². The monoisotopic (exact) mass is 280 g/mol. The summed E-state index contributed by atoms with van der Waals surface area (Å²) in [7, 11) is 0. The van der Waals surface area contributed by atoms with Crippen LogP contribution in [-0.4, -0.2) is 19.5 Å². The van der Waals surface area contributed by atoms with Gasteiger partial charge in [-0.3, -0.25) is 0 Å². The standard InChI is InChI=1S/C18H32O2/c1-2-3-4-5-6-7-8-9-10-11-13-16-19-18-15-12-14-17-20-18/h18H,2-6,9-17H2,1H3/t18-/m1/s1. The van der Waals surface area contributed by atoms with E-state index in [1.807, 2.05) is 0 Å². The molecular formula is C18H32O2. The van der Waals surface area contributed by atoms with Gasteiger partial charge in [0.1, 0.15) is 0 Å². The van der Waals surface area contributed by atoms with Crippen molar-refractivity contribution >= 4 is 0 Å². The molecule has 2 nitrogen and oxygen atoms in total. The molecule has 0 unspecified atom stereocenters. The van der Waals surface area contributed by atoms with E-state index >= 15 is 0 Å². The van der Waals surface area contributed by atoms with Crippen LogP contribution in [0.5, 0.6) is 0 Å². The van der Waals surface area contributed by atoms with Gasteiger partial charge in [-0.15, -0.1) is 11.8 Å². The maximum Gasteiger partial charge on any atom is 0.157 e. The van der Waals surface area contributed by atoms with Gasteiger partial charge >= 0.3 is 0 Å². The number of ether oxygens (including phenoxy) is 2. The van der Waals surface area contributed by atoms with Crippen molar-refractivity contribution in [2.75, 3.05) is 13.2 Å². The summed E-state index contributed by atoms with van der Waals surface area (Å²) < 4.78 is 11.2. The van der Waals surface area contributed by atoms with Gasteiger partial charge in [-0.2, -0.15) is 0 Å². The van der Waals surface area contributed by atoms with Crippen LogP contribution in [0, 0.1) is 11.8 Å². The highest BCUT2D eigenvalue weighted by atomic mass is 16.7. The van der Waals surface area contributed by atoms with Crippen LogP contribution in [-0.2, 0) is 9.47 Å². The molecule has 1 atom stereocenters. The highest BCUT2D eigenvalue weighted by Crippen LogP contribution is 2.14. The first-order chi connectivity index (χ1) is 9.93. The Morgan fingerprint density at radius 1 is 0.950 bits per heavy atom. The van der Waals surface area contributed by atoms with Crippen LogP contribution in [0.15, 0.2) is 0 Å². The second-order valence-corrected chi connectivity index (χ2v) is 5.64. The third-order valence-corrected chi connectivity index (χ3v) is 3.67. The lowest BCUT2D eigenvalue weighted by atomic mass is 10.1. The second-order valence-electron chi connectivity index (χ2n) is 5.64. The zero-order valence-electron chi connectivity index (χ0n) is 13.3. The van der Waals surface area contributed by atoms with E-state index < -0.39 is 0 Å². The van der Waals surface area contributed by atoms with E-state index in [0.717, 1.165) is 38.9 Å². The summed E-state index contributed by atoms with van der Waals surface area (Å²) >= 11 is 0. The van der Waals surface area contributed by atoms with Crippen LogP contribution < -0.4 is 0 Å². The van der Waals surface area contributed by atoms with Crippen LogP contribution in [0.25, 0.3) is 0 Å². The van der Waals surface area contributed by atoms with Crippen molar-refractivity contribution in [2.45, 2.75) is 90.3 Å². The molecule has 2 heteroatoms. The first-order valence-corrected chi connectivity index (χ1v) is 8.62. The Hall–Kier alpha value is -0.520. The topological polar surface area (TPSA) is 18.5 Å². The first kappa shape index (κ1) is 17.5. The summed E-state index contributed by atoms with van der Waals surface area (Å²) in [5.74, 6) is 6.57. The van der Waals surface area contributed by atoms with Crippen molar-refractivity contribution < 1.29 is 9.47 Å². The van der Waals surface area contributed by atoms with Crippen molar-refractivity contribution in [1.82, 2.24) is 0 Å². The average Bonchev–Trinajstić information content (AvgIpc) is 2.49. The molecule has 1 rings (SSSR count). The summed E-state index contributed by atoms with van der Waals surface area (Å²) in [4.78, 5) is 0. The third kappa shape index (κ3) is 10.3. The number of rotatable bonds is 10. The van der Waals surface area contributed by atoms with Gasteiger partial charge in [-0.1, -0.05) is 32.6 Å². The normalized spacial score (nSPS) is 18.6. The van der Waals surface area contributed by atoms with Crippen molar-refractivity contribution in [3.63, 3.8) is 0 Å². The molecule has 116 valence electrons. The molecule has 1 aliphatic heterocycles. The fourth-order valence-electron chi connectivity index (χ4n) is 2.37. The molecule has 1 aliphatic rings. The second kappa shape index (κ2) is 13.5. The molecule has 1 heterocycles. The largest absolute Gasteiger partial charge is 0.353 e. The Morgan fingerprint density at radius 3 is 2.35 bits per heavy atom.